The largest absolute Gasteiger partial charge is 0.507 e. The molecule has 140 valence electrons. The van der Waals surface area contributed by atoms with Gasteiger partial charge in [0.25, 0.3) is 5.78 Å². The lowest BCUT2D eigenvalue weighted by molar-refractivity contribution is -0.132. The first-order valence-corrected chi connectivity index (χ1v) is 9.45. The van der Waals surface area contributed by atoms with E-state index in [1.54, 1.807) is 29.6 Å². The molecule has 1 aromatic heterocycles. The van der Waals surface area contributed by atoms with Crippen LogP contribution in [-0.2, 0) is 9.59 Å². The fraction of sp³-hybridized carbons (Fsp3) is 0.0500. The minimum Gasteiger partial charge on any atom is -0.507 e. The predicted octanol–water partition coefficient (Wildman–Crippen LogP) is 4.56. The first-order valence-electron chi connectivity index (χ1n) is 8.19. The van der Waals surface area contributed by atoms with E-state index in [0.717, 1.165) is 0 Å². The van der Waals surface area contributed by atoms with Crippen molar-refractivity contribution < 1.29 is 19.1 Å². The van der Waals surface area contributed by atoms with E-state index < -0.39 is 23.5 Å². The summed E-state index contributed by atoms with van der Waals surface area (Å²) in [5.74, 6) is -2.42. The van der Waals surface area contributed by atoms with Crippen LogP contribution in [0.3, 0.4) is 0 Å². The summed E-state index contributed by atoms with van der Waals surface area (Å²) in [6.07, 6.45) is 1.51. The number of anilines is 1. The molecule has 1 saturated heterocycles. The second-order valence-electron chi connectivity index (χ2n) is 6.04. The van der Waals surface area contributed by atoms with Gasteiger partial charge in [-0.2, -0.15) is 0 Å². The standard InChI is InChI=1S/C20H12ClFN2O3S/c21-13-5-1-12(2-6-13)17(25)15-16(11-3-7-14(22)8-4-11)24(19(27)18(15)26)20-23-9-10-28-20/h1-10,16,25H/b17-15+. The highest BCUT2D eigenvalue weighted by atomic mass is 35.5. The maximum Gasteiger partial charge on any atom is 0.301 e. The van der Waals surface area contributed by atoms with Crippen molar-refractivity contribution >= 4 is 45.5 Å². The number of amides is 1. The van der Waals surface area contributed by atoms with Crippen molar-refractivity contribution in [3.8, 4) is 0 Å². The van der Waals surface area contributed by atoms with Gasteiger partial charge in [0, 0.05) is 22.2 Å². The number of aliphatic hydroxyl groups excluding tert-OH is 1. The van der Waals surface area contributed by atoms with Crippen molar-refractivity contribution in [1.82, 2.24) is 4.98 Å². The summed E-state index contributed by atoms with van der Waals surface area (Å²) in [5, 5.41) is 13.3. The third kappa shape index (κ3) is 3.08. The van der Waals surface area contributed by atoms with Gasteiger partial charge in [0.2, 0.25) is 0 Å². The summed E-state index contributed by atoms with van der Waals surface area (Å²) in [6.45, 7) is 0. The van der Waals surface area contributed by atoms with Gasteiger partial charge in [0.1, 0.15) is 11.6 Å². The monoisotopic (exact) mass is 414 g/mol. The number of halogens is 2. The smallest absolute Gasteiger partial charge is 0.301 e. The molecule has 5 nitrogen and oxygen atoms in total. The van der Waals surface area contributed by atoms with E-state index in [0.29, 0.717) is 21.3 Å². The highest BCUT2D eigenvalue weighted by Gasteiger charge is 2.47. The fourth-order valence-corrected chi connectivity index (χ4v) is 3.88. The Morgan fingerprint density at radius 2 is 1.79 bits per heavy atom. The predicted molar refractivity (Wildman–Crippen MR) is 105 cm³/mol. The lowest BCUT2D eigenvalue weighted by Gasteiger charge is -2.22. The molecule has 1 amide bonds. The molecule has 0 bridgehead atoms. The Morgan fingerprint density at radius 3 is 2.39 bits per heavy atom. The quantitative estimate of drug-likeness (QED) is 0.387. The minimum atomic E-state index is -0.928. The lowest BCUT2D eigenvalue weighted by Crippen LogP contribution is -2.29. The summed E-state index contributed by atoms with van der Waals surface area (Å²) < 4.78 is 13.4. The number of aliphatic hydroxyl groups is 1. The van der Waals surface area contributed by atoms with Crippen molar-refractivity contribution in [2.75, 3.05) is 4.90 Å². The third-order valence-electron chi connectivity index (χ3n) is 4.37. The summed E-state index contributed by atoms with van der Waals surface area (Å²) in [5.41, 5.74) is 0.731. The van der Waals surface area contributed by atoms with Gasteiger partial charge in [-0.3, -0.25) is 14.5 Å². The maximum absolute atomic E-state index is 13.4. The topological polar surface area (TPSA) is 70.5 Å². The van der Waals surface area contributed by atoms with Crippen LogP contribution < -0.4 is 4.90 Å². The van der Waals surface area contributed by atoms with Crippen LogP contribution in [0.15, 0.2) is 65.7 Å². The van der Waals surface area contributed by atoms with Crippen LogP contribution in [0.4, 0.5) is 9.52 Å². The van der Waals surface area contributed by atoms with Crippen molar-refractivity contribution in [3.63, 3.8) is 0 Å². The number of hydrogen-bond acceptors (Lipinski definition) is 5. The van der Waals surface area contributed by atoms with E-state index >= 15 is 0 Å². The molecule has 2 heterocycles. The summed E-state index contributed by atoms with van der Waals surface area (Å²) in [6, 6.07) is 10.7. The molecular formula is C20H12ClFN2O3S. The Kier molecular flexibility index (Phi) is 4.70. The van der Waals surface area contributed by atoms with Gasteiger partial charge in [-0.1, -0.05) is 23.7 Å². The second kappa shape index (κ2) is 7.18. The molecule has 1 fully saturated rings. The van der Waals surface area contributed by atoms with Crippen molar-refractivity contribution in [2.24, 2.45) is 0 Å². The molecule has 4 rings (SSSR count). The normalized spacial score (nSPS) is 18.6. The van der Waals surface area contributed by atoms with Gasteiger partial charge in [0.15, 0.2) is 5.13 Å². The zero-order valence-electron chi connectivity index (χ0n) is 14.2. The lowest BCUT2D eigenvalue weighted by atomic mass is 9.95. The summed E-state index contributed by atoms with van der Waals surface area (Å²) >= 11 is 7.07. The van der Waals surface area contributed by atoms with E-state index in [-0.39, 0.29) is 11.3 Å². The molecule has 0 radical (unpaired) electrons. The SMILES string of the molecule is O=C1C(=O)N(c2nccs2)C(c2ccc(F)cc2)/C1=C(\O)c1ccc(Cl)cc1. The molecule has 2 aromatic carbocycles. The van der Waals surface area contributed by atoms with E-state index in [2.05, 4.69) is 4.98 Å². The highest BCUT2D eigenvalue weighted by Crippen LogP contribution is 2.42. The molecule has 1 N–H and O–H groups in total. The molecule has 0 saturated carbocycles. The van der Waals surface area contributed by atoms with Crippen LogP contribution in [0.5, 0.6) is 0 Å². The first kappa shape index (κ1) is 18.3. The van der Waals surface area contributed by atoms with Gasteiger partial charge in [-0.25, -0.2) is 9.37 Å². The number of hydrogen-bond donors (Lipinski definition) is 1. The van der Waals surface area contributed by atoms with Crippen LogP contribution in [0, 0.1) is 5.82 Å². The number of nitrogens with zero attached hydrogens (tertiary/aromatic N) is 2. The third-order valence-corrected chi connectivity index (χ3v) is 5.40. The Labute approximate surface area is 168 Å². The molecule has 8 heteroatoms. The van der Waals surface area contributed by atoms with Gasteiger partial charge in [-0.05, 0) is 42.0 Å². The second-order valence-corrected chi connectivity index (χ2v) is 7.35. The molecular weight excluding hydrogens is 403 g/mol. The molecule has 1 atom stereocenters. The minimum absolute atomic E-state index is 0.0888. The molecule has 1 aliphatic heterocycles. The van der Waals surface area contributed by atoms with Crippen LogP contribution in [-0.4, -0.2) is 21.8 Å². The van der Waals surface area contributed by atoms with Gasteiger partial charge in [-0.15, -0.1) is 11.3 Å². The van der Waals surface area contributed by atoms with Gasteiger partial charge in [0.05, 0.1) is 11.6 Å². The number of benzene rings is 2. The van der Waals surface area contributed by atoms with Crippen molar-refractivity contribution in [3.05, 3.63) is 87.6 Å². The number of Topliss-reactive ketones (excluding diaryl/α,β-unsaturated/α-hetero) is 1. The number of carbonyl (C=O) groups is 2. The van der Waals surface area contributed by atoms with E-state index in [4.69, 9.17) is 11.6 Å². The number of thiazole rings is 1. The van der Waals surface area contributed by atoms with Gasteiger partial charge >= 0.3 is 5.91 Å². The van der Waals surface area contributed by atoms with Crippen LogP contribution in [0.1, 0.15) is 17.2 Å². The zero-order valence-corrected chi connectivity index (χ0v) is 15.7. The van der Waals surface area contributed by atoms with Gasteiger partial charge < -0.3 is 5.11 Å². The van der Waals surface area contributed by atoms with Crippen molar-refractivity contribution in [2.45, 2.75) is 6.04 Å². The van der Waals surface area contributed by atoms with E-state index in [9.17, 15) is 19.1 Å². The highest BCUT2D eigenvalue weighted by molar-refractivity contribution is 7.14. The molecule has 1 unspecified atom stereocenters. The summed E-state index contributed by atoms with van der Waals surface area (Å²) in [4.78, 5) is 30.9. The average molecular weight is 415 g/mol. The number of ketones is 1. The van der Waals surface area contributed by atoms with E-state index in [1.165, 1.54) is 46.7 Å². The zero-order chi connectivity index (χ0) is 19.8. The molecule has 3 aromatic rings. The summed E-state index contributed by atoms with van der Waals surface area (Å²) in [7, 11) is 0. The Balaban J connectivity index is 1.93. The Morgan fingerprint density at radius 1 is 1.11 bits per heavy atom. The Bertz CT molecular complexity index is 1080. The average Bonchev–Trinajstić information content (AvgIpc) is 3.30. The van der Waals surface area contributed by atoms with Crippen molar-refractivity contribution in [1.29, 1.82) is 0 Å². The maximum atomic E-state index is 13.4. The first-order chi connectivity index (χ1) is 13.5. The number of carbonyl (C=O) groups excluding carboxylic acids is 2. The van der Waals surface area contributed by atoms with Crippen LogP contribution in [0.2, 0.25) is 5.02 Å². The molecule has 0 spiro atoms. The number of rotatable bonds is 3. The van der Waals surface area contributed by atoms with E-state index in [1.807, 2.05) is 0 Å². The molecule has 1 aliphatic rings. The number of aromatic nitrogens is 1. The molecule has 0 aliphatic carbocycles. The van der Waals surface area contributed by atoms with Crippen LogP contribution in [0.25, 0.3) is 5.76 Å². The van der Waals surface area contributed by atoms with Crippen LogP contribution >= 0.6 is 22.9 Å². The molecule has 28 heavy (non-hydrogen) atoms. The Hall–Kier alpha value is -3.03. The fourth-order valence-electron chi connectivity index (χ4n) is 3.09.